The summed E-state index contributed by atoms with van der Waals surface area (Å²) in [6.07, 6.45) is 6.63. The van der Waals surface area contributed by atoms with Crippen LogP contribution in [0.5, 0.6) is 0 Å². The van der Waals surface area contributed by atoms with Gasteiger partial charge in [0.15, 0.2) is 0 Å². The maximum absolute atomic E-state index is 6.37. The molecule has 0 saturated heterocycles. The Morgan fingerprint density at radius 2 is 0.980 bits per heavy atom. The van der Waals surface area contributed by atoms with E-state index >= 15 is 0 Å². The van der Waals surface area contributed by atoms with Crippen LogP contribution < -0.4 is 4.90 Å². The van der Waals surface area contributed by atoms with E-state index in [1.54, 1.807) is 0 Å². The Balaban J connectivity index is 1.14. The van der Waals surface area contributed by atoms with Gasteiger partial charge in [0.2, 0.25) is 0 Å². The number of anilines is 3. The van der Waals surface area contributed by atoms with Crippen LogP contribution in [0.3, 0.4) is 0 Å². The predicted molar refractivity (Wildman–Crippen MR) is 211 cm³/mol. The Kier molecular flexibility index (Phi) is 7.99. The van der Waals surface area contributed by atoms with Crippen LogP contribution in [0.1, 0.15) is 43.6 Å². The van der Waals surface area contributed by atoms with Gasteiger partial charge in [0.1, 0.15) is 11.2 Å². The first-order valence-electron chi connectivity index (χ1n) is 18.0. The molecule has 2 nitrogen and oxygen atoms in total. The van der Waals surface area contributed by atoms with E-state index in [-0.39, 0.29) is 0 Å². The summed E-state index contributed by atoms with van der Waals surface area (Å²) in [4.78, 5) is 2.36. The van der Waals surface area contributed by atoms with Gasteiger partial charge in [-0.2, -0.15) is 0 Å². The Labute approximate surface area is 294 Å². The molecular weight excluding hydrogens is 607 g/mol. The first-order valence-corrected chi connectivity index (χ1v) is 18.0. The highest BCUT2D eigenvalue weighted by Gasteiger charge is 2.19. The van der Waals surface area contributed by atoms with Crippen molar-refractivity contribution in [2.24, 2.45) is 0 Å². The van der Waals surface area contributed by atoms with Crippen molar-refractivity contribution >= 4 is 39.0 Å². The summed E-state index contributed by atoms with van der Waals surface area (Å²) in [6, 6.07) is 61.5. The SMILES string of the molecule is c1ccc(-c2ccc(-c3ccccc3)c(-c3ccc(N(c4ccc(C5CCCCC5)cc4)c4ccc5c(c4)oc4ccccc45)cc3)c2)cc1. The highest BCUT2D eigenvalue weighted by Crippen LogP contribution is 2.42. The average molecular weight is 646 g/mol. The molecule has 0 radical (unpaired) electrons. The summed E-state index contributed by atoms with van der Waals surface area (Å²) < 4.78 is 6.37. The third kappa shape index (κ3) is 5.77. The van der Waals surface area contributed by atoms with Crippen molar-refractivity contribution in [2.45, 2.75) is 38.0 Å². The molecule has 50 heavy (non-hydrogen) atoms. The van der Waals surface area contributed by atoms with Crippen LogP contribution in [-0.4, -0.2) is 0 Å². The second kappa shape index (κ2) is 13.2. The first-order chi connectivity index (χ1) is 24.8. The molecule has 1 saturated carbocycles. The van der Waals surface area contributed by atoms with Crippen molar-refractivity contribution in [3.8, 4) is 33.4 Å². The van der Waals surface area contributed by atoms with Crippen LogP contribution in [0.4, 0.5) is 17.1 Å². The van der Waals surface area contributed by atoms with Gasteiger partial charge in [-0.05, 0) is 106 Å². The third-order valence-electron chi connectivity index (χ3n) is 10.5. The highest BCUT2D eigenvalue weighted by atomic mass is 16.3. The molecule has 1 aliphatic carbocycles. The zero-order valence-electron chi connectivity index (χ0n) is 28.1. The van der Waals surface area contributed by atoms with Gasteiger partial charge >= 0.3 is 0 Å². The third-order valence-corrected chi connectivity index (χ3v) is 10.5. The van der Waals surface area contributed by atoms with E-state index in [0.717, 1.165) is 39.0 Å². The number of furan rings is 1. The molecule has 242 valence electrons. The largest absolute Gasteiger partial charge is 0.456 e. The summed E-state index contributed by atoms with van der Waals surface area (Å²) in [5, 5.41) is 2.28. The first kappa shape index (κ1) is 30.2. The Hall–Kier alpha value is -5.86. The number of hydrogen-bond donors (Lipinski definition) is 0. The summed E-state index contributed by atoms with van der Waals surface area (Å²) >= 11 is 0. The molecule has 0 spiro atoms. The fourth-order valence-corrected chi connectivity index (χ4v) is 7.89. The summed E-state index contributed by atoms with van der Waals surface area (Å²) in [5.41, 5.74) is 13.9. The standard InChI is InChI=1S/C48H39NO/c1-4-12-34(13-5-1)36-20-25-40(26-21-36)49(42-29-31-45-44-18-10-11-19-47(44)50-48(45)33-42)41-27-22-38(23-28-41)46-32-39(35-14-6-2-7-15-35)24-30-43(46)37-16-8-3-9-17-37/h2-3,6-11,14-34H,1,4-5,12-13H2. The van der Waals surface area contributed by atoms with Gasteiger partial charge in [-0.1, -0.05) is 135 Å². The molecule has 2 heteroatoms. The Morgan fingerprint density at radius 1 is 0.400 bits per heavy atom. The zero-order chi connectivity index (χ0) is 33.3. The predicted octanol–water partition coefficient (Wildman–Crippen LogP) is 14.1. The number of rotatable bonds is 7. The molecule has 8 aromatic rings. The maximum Gasteiger partial charge on any atom is 0.137 e. The lowest BCUT2D eigenvalue weighted by atomic mass is 9.84. The quantitative estimate of drug-likeness (QED) is 0.171. The molecule has 1 fully saturated rings. The van der Waals surface area contributed by atoms with E-state index in [1.165, 1.54) is 71.0 Å². The molecule has 1 heterocycles. The van der Waals surface area contributed by atoms with Crippen molar-refractivity contribution in [1.82, 2.24) is 0 Å². The maximum atomic E-state index is 6.37. The second-order valence-electron chi connectivity index (χ2n) is 13.6. The summed E-state index contributed by atoms with van der Waals surface area (Å²) in [7, 11) is 0. The minimum atomic E-state index is 0.669. The van der Waals surface area contributed by atoms with E-state index in [0.29, 0.717) is 5.92 Å². The zero-order valence-corrected chi connectivity index (χ0v) is 28.1. The molecule has 0 N–H and O–H groups in total. The second-order valence-corrected chi connectivity index (χ2v) is 13.6. The van der Waals surface area contributed by atoms with E-state index < -0.39 is 0 Å². The molecule has 0 bridgehead atoms. The van der Waals surface area contributed by atoms with Crippen LogP contribution >= 0.6 is 0 Å². The summed E-state index contributed by atoms with van der Waals surface area (Å²) in [6.45, 7) is 0. The fraction of sp³-hybridized carbons (Fsp3) is 0.125. The minimum absolute atomic E-state index is 0.669. The average Bonchev–Trinajstić information content (AvgIpc) is 3.57. The lowest BCUT2D eigenvalue weighted by Crippen LogP contribution is -2.10. The van der Waals surface area contributed by atoms with Gasteiger partial charge in [0.05, 0.1) is 0 Å². The normalized spacial score (nSPS) is 13.5. The Morgan fingerprint density at radius 3 is 1.72 bits per heavy atom. The van der Waals surface area contributed by atoms with E-state index in [9.17, 15) is 0 Å². The van der Waals surface area contributed by atoms with Crippen LogP contribution in [0, 0.1) is 0 Å². The number of hydrogen-bond acceptors (Lipinski definition) is 2. The van der Waals surface area contributed by atoms with Crippen LogP contribution in [0.25, 0.3) is 55.3 Å². The number of fused-ring (bicyclic) bond motifs is 3. The van der Waals surface area contributed by atoms with Crippen molar-refractivity contribution < 1.29 is 4.42 Å². The number of benzene rings is 7. The monoisotopic (exact) mass is 645 g/mol. The van der Waals surface area contributed by atoms with Gasteiger partial charge in [-0.3, -0.25) is 0 Å². The van der Waals surface area contributed by atoms with Gasteiger partial charge in [0, 0.05) is 33.9 Å². The van der Waals surface area contributed by atoms with Gasteiger partial charge < -0.3 is 9.32 Å². The number of para-hydroxylation sites is 1. The van der Waals surface area contributed by atoms with Gasteiger partial charge in [-0.15, -0.1) is 0 Å². The van der Waals surface area contributed by atoms with E-state index in [4.69, 9.17) is 4.42 Å². The van der Waals surface area contributed by atoms with Crippen molar-refractivity contribution in [3.05, 3.63) is 175 Å². The molecular formula is C48H39NO. The van der Waals surface area contributed by atoms with Crippen LogP contribution in [-0.2, 0) is 0 Å². The van der Waals surface area contributed by atoms with Crippen molar-refractivity contribution in [1.29, 1.82) is 0 Å². The fourth-order valence-electron chi connectivity index (χ4n) is 7.89. The van der Waals surface area contributed by atoms with Crippen LogP contribution in [0.15, 0.2) is 174 Å². The van der Waals surface area contributed by atoms with Crippen molar-refractivity contribution in [2.75, 3.05) is 4.90 Å². The highest BCUT2D eigenvalue weighted by molar-refractivity contribution is 6.06. The van der Waals surface area contributed by atoms with E-state index in [1.807, 2.05) is 12.1 Å². The molecule has 9 rings (SSSR count). The number of nitrogens with zero attached hydrogens (tertiary/aromatic N) is 1. The van der Waals surface area contributed by atoms with Gasteiger partial charge in [-0.25, -0.2) is 0 Å². The summed E-state index contributed by atoms with van der Waals surface area (Å²) in [5.74, 6) is 0.669. The smallest absolute Gasteiger partial charge is 0.137 e. The van der Waals surface area contributed by atoms with Crippen LogP contribution in [0.2, 0.25) is 0 Å². The molecule has 7 aromatic carbocycles. The Bertz CT molecular complexity index is 2380. The minimum Gasteiger partial charge on any atom is -0.456 e. The van der Waals surface area contributed by atoms with Gasteiger partial charge in [0.25, 0.3) is 0 Å². The van der Waals surface area contributed by atoms with E-state index in [2.05, 4.69) is 163 Å². The molecule has 1 aliphatic rings. The molecule has 1 aromatic heterocycles. The lowest BCUT2D eigenvalue weighted by molar-refractivity contribution is 0.443. The molecule has 0 unspecified atom stereocenters. The lowest BCUT2D eigenvalue weighted by Gasteiger charge is -2.27. The molecule has 0 atom stereocenters. The topological polar surface area (TPSA) is 16.4 Å². The van der Waals surface area contributed by atoms with Crippen molar-refractivity contribution in [3.63, 3.8) is 0 Å². The molecule has 0 amide bonds. The molecule has 0 aliphatic heterocycles.